The molecule has 0 radical (unpaired) electrons. The van der Waals surface area contributed by atoms with Gasteiger partial charge in [-0.05, 0) is 11.3 Å². The van der Waals surface area contributed by atoms with Crippen LogP contribution < -0.4 is 0 Å². The standard InChI is InChI=1S/C12H16N2/c1-10-5-3-4-6-12(10,2)9-11-13-7-8-14-11/h3-8,10H,9H2,1-2H3,(H,13,14). The van der Waals surface area contributed by atoms with Crippen molar-refractivity contribution in [1.82, 2.24) is 9.97 Å². The van der Waals surface area contributed by atoms with Gasteiger partial charge in [0.1, 0.15) is 5.82 Å². The van der Waals surface area contributed by atoms with Gasteiger partial charge in [0.15, 0.2) is 0 Å². The van der Waals surface area contributed by atoms with Crippen LogP contribution in [0.5, 0.6) is 0 Å². The molecule has 0 spiro atoms. The predicted molar refractivity (Wildman–Crippen MR) is 57.8 cm³/mol. The summed E-state index contributed by atoms with van der Waals surface area (Å²) < 4.78 is 0. The summed E-state index contributed by atoms with van der Waals surface area (Å²) in [6, 6.07) is 0. The average Bonchev–Trinajstić information content (AvgIpc) is 2.63. The number of hydrogen-bond acceptors (Lipinski definition) is 1. The molecule has 1 aromatic rings. The van der Waals surface area contributed by atoms with Crippen molar-refractivity contribution >= 4 is 0 Å². The molecule has 14 heavy (non-hydrogen) atoms. The lowest BCUT2D eigenvalue weighted by atomic mass is 9.73. The fourth-order valence-corrected chi connectivity index (χ4v) is 1.85. The molecule has 1 heterocycles. The van der Waals surface area contributed by atoms with E-state index in [1.54, 1.807) is 0 Å². The molecule has 74 valence electrons. The molecule has 0 aromatic carbocycles. The van der Waals surface area contributed by atoms with Gasteiger partial charge in [-0.2, -0.15) is 0 Å². The number of allylic oxidation sites excluding steroid dienone is 4. The van der Waals surface area contributed by atoms with Gasteiger partial charge in [-0.15, -0.1) is 0 Å². The van der Waals surface area contributed by atoms with E-state index in [4.69, 9.17) is 0 Å². The number of nitrogens with zero attached hydrogens (tertiary/aromatic N) is 1. The lowest BCUT2D eigenvalue weighted by molar-refractivity contribution is 0.317. The molecule has 2 atom stereocenters. The van der Waals surface area contributed by atoms with E-state index in [-0.39, 0.29) is 5.41 Å². The summed E-state index contributed by atoms with van der Waals surface area (Å²) >= 11 is 0. The van der Waals surface area contributed by atoms with Gasteiger partial charge in [0.05, 0.1) is 0 Å². The third-order valence-corrected chi connectivity index (χ3v) is 3.13. The van der Waals surface area contributed by atoms with Crippen LogP contribution in [0.15, 0.2) is 36.7 Å². The summed E-state index contributed by atoms with van der Waals surface area (Å²) in [5, 5.41) is 0. The number of H-pyrrole nitrogens is 1. The van der Waals surface area contributed by atoms with E-state index < -0.39 is 0 Å². The van der Waals surface area contributed by atoms with Crippen LogP contribution in [-0.4, -0.2) is 9.97 Å². The van der Waals surface area contributed by atoms with Crippen LogP contribution in [-0.2, 0) is 6.42 Å². The SMILES string of the molecule is CC1C=CC=CC1(C)Cc1ncc[nH]1. The number of imidazole rings is 1. The summed E-state index contributed by atoms with van der Waals surface area (Å²) in [6.45, 7) is 4.53. The number of nitrogens with one attached hydrogen (secondary N) is 1. The van der Waals surface area contributed by atoms with Crippen molar-refractivity contribution in [1.29, 1.82) is 0 Å². The Morgan fingerprint density at radius 3 is 3.00 bits per heavy atom. The highest BCUT2D eigenvalue weighted by Crippen LogP contribution is 2.35. The molecule has 1 N–H and O–H groups in total. The molecule has 0 saturated heterocycles. The molecule has 0 bridgehead atoms. The van der Waals surface area contributed by atoms with Crippen molar-refractivity contribution in [2.24, 2.45) is 11.3 Å². The molecule has 0 saturated carbocycles. The highest BCUT2D eigenvalue weighted by molar-refractivity contribution is 5.19. The van der Waals surface area contributed by atoms with E-state index >= 15 is 0 Å². The van der Waals surface area contributed by atoms with Crippen LogP contribution >= 0.6 is 0 Å². The minimum atomic E-state index is 0.201. The predicted octanol–water partition coefficient (Wildman–Crippen LogP) is 2.72. The molecule has 2 heteroatoms. The van der Waals surface area contributed by atoms with Gasteiger partial charge >= 0.3 is 0 Å². The number of aromatic nitrogens is 2. The van der Waals surface area contributed by atoms with Gasteiger partial charge in [0.25, 0.3) is 0 Å². The zero-order chi connectivity index (χ0) is 10.0. The third kappa shape index (κ3) is 1.65. The van der Waals surface area contributed by atoms with Gasteiger partial charge in [-0.1, -0.05) is 38.2 Å². The van der Waals surface area contributed by atoms with E-state index in [0.29, 0.717) is 5.92 Å². The van der Waals surface area contributed by atoms with Crippen molar-refractivity contribution < 1.29 is 0 Å². The van der Waals surface area contributed by atoms with E-state index in [2.05, 4.69) is 48.1 Å². The quantitative estimate of drug-likeness (QED) is 0.759. The Labute approximate surface area is 84.8 Å². The second-order valence-corrected chi connectivity index (χ2v) is 4.25. The third-order valence-electron chi connectivity index (χ3n) is 3.13. The molecule has 0 fully saturated rings. The van der Waals surface area contributed by atoms with Crippen molar-refractivity contribution in [2.75, 3.05) is 0 Å². The van der Waals surface area contributed by atoms with Gasteiger partial charge < -0.3 is 4.98 Å². The maximum absolute atomic E-state index is 4.28. The largest absolute Gasteiger partial charge is 0.349 e. The normalized spacial score (nSPS) is 30.9. The second kappa shape index (κ2) is 3.45. The maximum atomic E-state index is 4.28. The Hall–Kier alpha value is -1.31. The summed E-state index contributed by atoms with van der Waals surface area (Å²) in [7, 11) is 0. The summed E-state index contributed by atoms with van der Waals surface area (Å²) in [6.07, 6.45) is 13.4. The number of hydrogen-bond donors (Lipinski definition) is 1. The lowest BCUT2D eigenvalue weighted by Crippen LogP contribution is -2.26. The van der Waals surface area contributed by atoms with Crippen LogP contribution in [0.25, 0.3) is 0 Å². The Morgan fingerprint density at radius 2 is 2.36 bits per heavy atom. The minimum absolute atomic E-state index is 0.201. The van der Waals surface area contributed by atoms with Crippen molar-refractivity contribution in [3.8, 4) is 0 Å². The first-order valence-corrected chi connectivity index (χ1v) is 5.05. The molecule has 0 amide bonds. The molecule has 2 unspecified atom stereocenters. The van der Waals surface area contributed by atoms with Crippen LogP contribution in [0.4, 0.5) is 0 Å². The molecule has 1 aliphatic rings. The summed E-state index contributed by atoms with van der Waals surface area (Å²) in [5.41, 5.74) is 0.201. The van der Waals surface area contributed by atoms with Gasteiger partial charge in [0.2, 0.25) is 0 Å². The lowest BCUT2D eigenvalue weighted by Gasteiger charge is -2.32. The number of aromatic amines is 1. The molecule has 2 rings (SSSR count). The molecule has 1 aliphatic carbocycles. The fourth-order valence-electron chi connectivity index (χ4n) is 1.85. The van der Waals surface area contributed by atoms with E-state index in [9.17, 15) is 0 Å². The summed E-state index contributed by atoms with van der Waals surface area (Å²) in [5.74, 6) is 1.64. The van der Waals surface area contributed by atoms with E-state index in [1.807, 2.05) is 12.4 Å². The monoisotopic (exact) mass is 188 g/mol. The van der Waals surface area contributed by atoms with E-state index in [0.717, 1.165) is 12.2 Å². The zero-order valence-electron chi connectivity index (χ0n) is 8.70. The zero-order valence-corrected chi connectivity index (χ0v) is 8.70. The van der Waals surface area contributed by atoms with Gasteiger partial charge in [0, 0.05) is 18.8 Å². The highest BCUT2D eigenvalue weighted by Gasteiger charge is 2.29. The van der Waals surface area contributed by atoms with Gasteiger partial charge in [-0.25, -0.2) is 4.98 Å². The Morgan fingerprint density at radius 1 is 1.50 bits per heavy atom. The highest BCUT2D eigenvalue weighted by atomic mass is 14.9. The first-order chi connectivity index (χ1) is 6.71. The first kappa shape index (κ1) is 9.25. The smallest absolute Gasteiger partial charge is 0.106 e. The molecule has 0 aliphatic heterocycles. The minimum Gasteiger partial charge on any atom is -0.349 e. The average molecular weight is 188 g/mol. The van der Waals surface area contributed by atoms with Crippen LogP contribution in [0.3, 0.4) is 0 Å². The van der Waals surface area contributed by atoms with Crippen molar-refractivity contribution in [3.05, 3.63) is 42.5 Å². The van der Waals surface area contributed by atoms with Gasteiger partial charge in [-0.3, -0.25) is 0 Å². The van der Waals surface area contributed by atoms with Crippen LogP contribution in [0.1, 0.15) is 19.7 Å². The molecule has 2 nitrogen and oxygen atoms in total. The molecular weight excluding hydrogens is 172 g/mol. The first-order valence-electron chi connectivity index (χ1n) is 5.05. The second-order valence-electron chi connectivity index (χ2n) is 4.25. The maximum Gasteiger partial charge on any atom is 0.106 e. The van der Waals surface area contributed by atoms with E-state index in [1.165, 1.54) is 0 Å². The molecule has 1 aromatic heterocycles. The Balaban J connectivity index is 2.17. The Bertz CT molecular complexity index is 348. The molecular formula is C12H16N2. The number of rotatable bonds is 2. The topological polar surface area (TPSA) is 28.7 Å². The van der Waals surface area contributed by atoms with Crippen molar-refractivity contribution in [3.63, 3.8) is 0 Å². The van der Waals surface area contributed by atoms with Crippen molar-refractivity contribution in [2.45, 2.75) is 20.3 Å². The fraction of sp³-hybridized carbons (Fsp3) is 0.417. The summed E-state index contributed by atoms with van der Waals surface area (Å²) in [4.78, 5) is 7.44. The van der Waals surface area contributed by atoms with Crippen LogP contribution in [0, 0.1) is 11.3 Å². The Kier molecular flexibility index (Phi) is 2.28. The van der Waals surface area contributed by atoms with Crippen LogP contribution in [0.2, 0.25) is 0 Å².